The number of carboxylic acid groups (broad SMARTS) is 1. The van der Waals surface area contributed by atoms with E-state index < -0.39 is 5.97 Å². The summed E-state index contributed by atoms with van der Waals surface area (Å²) < 4.78 is 5.29. The maximum Gasteiger partial charge on any atom is 0.303 e. The lowest BCUT2D eigenvalue weighted by molar-refractivity contribution is -0.136. The Balaban J connectivity index is 0.000000630. The van der Waals surface area contributed by atoms with Gasteiger partial charge in [-0.05, 0) is 32.1 Å². The third-order valence-electron chi connectivity index (χ3n) is 3.71. The molecule has 27 heavy (non-hydrogen) atoms. The molecule has 0 amide bonds. The van der Waals surface area contributed by atoms with Crippen molar-refractivity contribution in [1.29, 1.82) is 0 Å². The Morgan fingerprint density at radius 1 is 1.26 bits per heavy atom. The summed E-state index contributed by atoms with van der Waals surface area (Å²) in [5.74, 6) is 0.103. The molecule has 1 aromatic heterocycles. The molecule has 2 N–H and O–H groups in total. The molecule has 6 nitrogen and oxygen atoms in total. The molecule has 0 fully saturated rings. The maximum absolute atomic E-state index is 9.37. The van der Waals surface area contributed by atoms with Gasteiger partial charge in [0, 0.05) is 19.5 Å². The number of aliphatic carboxylic acids is 1. The summed E-state index contributed by atoms with van der Waals surface area (Å²) in [4.78, 5) is 11.7. The van der Waals surface area contributed by atoms with E-state index in [1.54, 1.807) is 19.1 Å². The van der Waals surface area contributed by atoms with Crippen molar-refractivity contribution in [1.82, 2.24) is 10.1 Å². The number of carbonyl (C=O) groups is 1. The van der Waals surface area contributed by atoms with Crippen molar-refractivity contribution in [2.45, 2.75) is 34.1 Å². The average molecular weight is 376 g/mol. The second kappa shape index (κ2) is 14.6. The van der Waals surface area contributed by atoms with Gasteiger partial charge in [0.2, 0.25) is 0 Å². The monoisotopic (exact) mass is 375 g/mol. The van der Waals surface area contributed by atoms with Crippen molar-refractivity contribution in [2.75, 3.05) is 31.5 Å². The lowest BCUT2D eigenvalue weighted by Crippen LogP contribution is -2.28. The molecule has 0 aliphatic carbocycles. The number of carboxylic acids is 1. The van der Waals surface area contributed by atoms with Crippen LogP contribution in [0.25, 0.3) is 11.0 Å². The van der Waals surface area contributed by atoms with E-state index in [2.05, 4.69) is 55.4 Å². The number of hydrogen-bond acceptors (Lipinski definition) is 5. The van der Waals surface area contributed by atoms with E-state index in [-0.39, 0.29) is 6.42 Å². The number of benzene rings is 1. The number of aromatic nitrogens is 1. The fourth-order valence-corrected chi connectivity index (χ4v) is 2.05. The molecule has 0 aliphatic heterocycles. The predicted molar refractivity (Wildman–Crippen MR) is 113 cm³/mol. The number of likely N-dealkylation sites (N-methyl/N-ethyl adjacent to an activating group) is 1. The van der Waals surface area contributed by atoms with E-state index in [4.69, 9.17) is 9.63 Å². The number of nitrogens with zero attached hydrogens (tertiary/aromatic N) is 2. The molecule has 2 aromatic rings. The van der Waals surface area contributed by atoms with Crippen molar-refractivity contribution < 1.29 is 14.4 Å². The Kier molecular flexibility index (Phi) is 13.2. The SMILES string of the molecule is C=CC=C.CCC(=O)O.CCN(CC)CCNc1noc2ccc(C)cc12. The lowest BCUT2D eigenvalue weighted by atomic mass is 10.2. The van der Waals surface area contributed by atoms with E-state index in [1.165, 1.54) is 5.56 Å². The number of fused-ring (bicyclic) bond motifs is 1. The molecule has 0 unspecified atom stereocenters. The van der Waals surface area contributed by atoms with Crippen LogP contribution < -0.4 is 5.32 Å². The highest BCUT2D eigenvalue weighted by atomic mass is 16.5. The molecule has 0 bridgehead atoms. The number of rotatable bonds is 8. The lowest BCUT2D eigenvalue weighted by Gasteiger charge is -2.17. The topological polar surface area (TPSA) is 78.6 Å². The number of anilines is 1. The number of aryl methyl sites for hydroxylation is 1. The zero-order valence-electron chi connectivity index (χ0n) is 17.0. The van der Waals surface area contributed by atoms with Crippen LogP contribution in [-0.2, 0) is 4.79 Å². The molecule has 6 heteroatoms. The Morgan fingerprint density at radius 2 is 1.85 bits per heavy atom. The average Bonchev–Trinajstić information content (AvgIpc) is 3.08. The van der Waals surface area contributed by atoms with E-state index >= 15 is 0 Å². The fourth-order valence-electron chi connectivity index (χ4n) is 2.05. The summed E-state index contributed by atoms with van der Waals surface area (Å²) >= 11 is 0. The second-order valence-electron chi connectivity index (χ2n) is 5.70. The van der Waals surface area contributed by atoms with Crippen molar-refractivity contribution in [3.05, 3.63) is 49.1 Å². The molecule has 0 radical (unpaired) electrons. The van der Waals surface area contributed by atoms with Crippen LogP contribution in [0.4, 0.5) is 5.82 Å². The summed E-state index contributed by atoms with van der Waals surface area (Å²) in [5, 5.41) is 16.2. The van der Waals surface area contributed by atoms with Gasteiger partial charge in [-0.1, -0.05) is 62.9 Å². The molecule has 1 heterocycles. The first-order valence-corrected chi connectivity index (χ1v) is 9.20. The quantitative estimate of drug-likeness (QED) is 0.650. The van der Waals surface area contributed by atoms with E-state index in [9.17, 15) is 4.79 Å². The smallest absolute Gasteiger partial charge is 0.303 e. The molecular formula is C21H33N3O3. The van der Waals surface area contributed by atoms with Crippen molar-refractivity contribution >= 4 is 22.8 Å². The second-order valence-corrected chi connectivity index (χ2v) is 5.70. The standard InChI is InChI=1S/C14H21N3O.C4H6.C3H6O2/c1-4-17(5-2)9-8-15-14-12-10-11(3)6-7-13(12)18-16-14;1-3-4-2;1-2-3(4)5/h6-7,10H,4-5,8-9H2,1-3H3,(H,15,16);3-4H,1-2H2;2H2,1H3,(H,4,5). The number of nitrogens with one attached hydrogen (secondary N) is 1. The van der Waals surface area contributed by atoms with Gasteiger partial charge in [-0.3, -0.25) is 4.79 Å². The molecule has 0 aliphatic rings. The van der Waals surface area contributed by atoms with Gasteiger partial charge in [0.05, 0.1) is 5.39 Å². The number of hydrogen-bond donors (Lipinski definition) is 2. The summed E-state index contributed by atoms with van der Waals surface area (Å²) in [7, 11) is 0. The van der Waals surface area contributed by atoms with Gasteiger partial charge in [0.25, 0.3) is 0 Å². The summed E-state index contributed by atoms with van der Waals surface area (Å²) in [6.07, 6.45) is 3.50. The Labute approximate surface area is 162 Å². The van der Waals surface area contributed by atoms with Crippen molar-refractivity contribution in [2.24, 2.45) is 0 Å². The minimum absolute atomic E-state index is 0.222. The largest absolute Gasteiger partial charge is 0.481 e. The van der Waals surface area contributed by atoms with Crippen LogP contribution in [0, 0.1) is 6.92 Å². The molecule has 0 atom stereocenters. The van der Waals surface area contributed by atoms with Crippen LogP contribution in [0.2, 0.25) is 0 Å². The Hall–Kier alpha value is -2.60. The van der Waals surface area contributed by atoms with Crippen LogP contribution in [0.15, 0.2) is 48.0 Å². The first kappa shape index (κ1) is 24.4. The summed E-state index contributed by atoms with van der Waals surface area (Å²) in [5.41, 5.74) is 2.06. The molecular weight excluding hydrogens is 342 g/mol. The van der Waals surface area contributed by atoms with E-state index in [1.807, 2.05) is 12.1 Å². The van der Waals surface area contributed by atoms with Crippen LogP contribution in [0.3, 0.4) is 0 Å². The van der Waals surface area contributed by atoms with Crippen LogP contribution >= 0.6 is 0 Å². The van der Waals surface area contributed by atoms with Crippen LogP contribution in [0.5, 0.6) is 0 Å². The zero-order valence-corrected chi connectivity index (χ0v) is 17.0. The molecule has 150 valence electrons. The van der Waals surface area contributed by atoms with Crippen molar-refractivity contribution in [3.8, 4) is 0 Å². The molecule has 0 saturated heterocycles. The zero-order chi connectivity index (χ0) is 20.7. The van der Waals surface area contributed by atoms with Crippen LogP contribution in [0.1, 0.15) is 32.8 Å². The minimum Gasteiger partial charge on any atom is -0.481 e. The molecule has 0 saturated carbocycles. The summed E-state index contributed by atoms with van der Waals surface area (Å²) in [6.45, 7) is 18.8. The highest BCUT2D eigenvalue weighted by molar-refractivity contribution is 5.88. The summed E-state index contributed by atoms with van der Waals surface area (Å²) in [6, 6.07) is 6.10. The van der Waals surface area contributed by atoms with Gasteiger partial charge in [0.1, 0.15) is 0 Å². The van der Waals surface area contributed by atoms with Gasteiger partial charge < -0.3 is 19.8 Å². The third kappa shape index (κ3) is 10.2. The first-order valence-electron chi connectivity index (χ1n) is 9.20. The van der Waals surface area contributed by atoms with Gasteiger partial charge in [-0.15, -0.1) is 0 Å². The fraction of sp³-hybridized carbons (Fsp3) is 0.429. The van der Waals surface area contributed by atoms with Crippen molar-refractivity contribution in [3.63, 3.8) is 0 Å². The normalized spacial score (nSPS) is 9.67. The Bertz CT molecular complexity index is 685. The Morgan fingerprint density at radius 3 is 2.33 bits per heavy atom. The van der Waals surface area contributed by atoms with Gasteiger partial charge in [-0.25, -0.2) is 0 Å². The molecule has 1 aromatic carbocycles. The van der Waals surface area contributed by atoms with Gasteiger partial charge >= 0.3 is 5.97 Å². The first-order chi connectivity index (χ1) is 12.9. The van der Waals surface area contributed by atoms with Gasteiger partial charge in [-0.2, -0.15) is 0 Å². The van der Waals surface area contributed by atoms with E-state index in [0.29, 0.717) is 0 Å². The highest BCUT2D eigenvalue weighted by Gasteiger charge is 2.07. The minimum atomic E-state index is -0.745. The molecule has 0 spiro atoms. The highest BCUT2D eigenvalue weighted by Crippen LogP contribution is 2.23. The third-order valence-corrected chi connectivity index (χ3v) is 3.71. The molecule has 2 rings (SSSR count). The van der Waals surface area contributed by atoms with Crippen LogP contribution in [-0.4, -0.2) is 47.3 Å². The number of allylic oxidation sites excluding steroid dienone is 2. The predicted octanol–water partition coefficient (Wildman–Crippen LogP) is 4.73. The maximum atomic E-state index is 9.37. The van der Waals surface area contributed by atoms with E-state index in [0.717, 1.165) is 43.0 Å². The van der Waals surface area contributed by atoms with Gasteiger partial charge in [0.15, 0.2) is 11.4 Å².